The van der Waals surface area contributed by atoms with Crippen molar-refractivity contribution in [2.45, 2.75) is 32.6 Å². The second-order valence-corrected chi connectivity index (χ2v) is 7.35. The van der Waals surface area contributed by atoms with Crippen LogP contribution in [0.4, 0.5) is 0 Å². The van der Waals surface area contributed by atoms with E-state index >= 15 is 0 Å². The lowest BCUT2D eigenvalue weighted by Gasteiger charge is -2.22. The highest BCUT2D eigenvalue weighted by Gasteiger charge is 2.34. The summed E-state index contributed by atoms with van der Waals surface area (Å²) < 4.78 is 10.8. The van der Waals surface area contributed by atoms with Crippen molar-refractivity contribution in [2.75, 3.05) is 13.2 Å². The maximum absolute atomic E-state index is 13.2. The molecule has 1 heterocycles. The molecule has 5 heteroatoms. The molecule has 0 amide bonds. The predicted octanol–water partition coefficient (Wildman–Crippen LogP) is 5.17. The van der Waals surface area contributed by atoms with Crippen molar-refractivity contribution in [3.8, 4) is 16.9 Å². The summed E-state index contributed by atoms with van der Waals surface area (Å²) in [6.07, 6.45) is 1.06. The molecule has 0 bridgehead atoms. The molecule has 0 aliphatic heterocycles. The number of esters is 1. The van der Waals surface area contributed by atoms with E-state index in [2.05, 4.69) is 4.98 Å². The molecule has 0 saturated carbocycles. The number of rotatable bonds is 6. The first kappa shape index (κ1) is 20.0. The van der Waals surface area contributed by atoms with Gasteiger partial charge in [-0.1, -0.05) is 42.5 Å². The smallest absolute Gasteiger partial charge is 0.355 e. The molecule has 0 radical (unpaired) electrons. The molecule has 1 aromatic heterocycles. The van der Waals surface area contributed by atoms with E-state index in [0.29, 0.717) is 36.3 Å². The summed E-state index contributed by atoms with van der Waals surface area (Å²) in [4.78, 5) is 29.1. The summed E-state index contributed by atoms with van der Waals surface area (Å²) in [5, 5.41) is 0. The average molecular weight is 403 g/mol. The van der Waals surface area contributed by atoms with Crippen LogP contribution in [0.3, 0.4) is 0 Å². The molecule has 1 atom stereocenters. The standard InChI is InChI=1S/C25H25NO4/c1-3-29-19-12-10-16(11-13-19)18-14-20-23(21(27)15-18)22(17-8-6-5-7-9-17)24(26-20)25(28)30-4-2/h5-13,18,26H,3-4,14-15H2,1-2H3/t18-/m0/s1. The van der Waals surface area contributed by atoms with Crippen molar-refractivity contribution in [3.63, 3.8) is 0 Å². The van der Waals surface area contributed by atoms with Gasteiger partial charge in [0.1, 0.15) is 11.4 Å². The van der Waals surface area contributed by atoms with Crippen molar-refractivity contribution < 1.29 is 19.1 Å². The highest BCUT2D eigenvalue weighted by Crippen LogP contribution is 2.40. The Hall–Kier alpha value is -3.34. The van der Waals surface area contributed by atoms with Gasteiger partial charge in [0.05, 0.1) is 13.2 Å². The molecule has 2 aromatic carbocycles. The van der Waals surface area contributed by atoms with Crippen molar-refractivity contribution in [3.05, 3.63) is 77.1 Å². The topological polar surface area (TPSA) is 68.4 Å². The van der Waals surface area contributed by atoms with Crippen LogP contribution in [0.25, 0.3) is 11.1 Å². The zero-order chi connectivity index (χ0) is 21.1. The Bertz CT molecular complexity index is 1050. The van der Waals surface area contributed by atoms with Gasteiger partial charge in [0.15, 0.2) is 5.78 Å². The van der Waals surface area contributed by atoms with Crippen molar-refractivity contribution in [2.24, 2.45) is 0 Å². The summed E-state index contributed by atoms with van der Waals surface area (Å²) in [5.41, 5.74) is 4.35. The monoisotopic (exact) mass is 403 g/mol. The van der Waals surface area contributed by atoms with Crippen LogP contribution < -0.4 is 4.74 Å². The maximum atomic E-state index is 13.2. The number of carbonyl (C=O) groups excluding carboxylic acids is 2. The van der Waals surface area contributed by atoms with Crippen molar-refractivity contribution in [1.82, 2.24) is 4.98 Å². The average Bonchev–Trinajstić information content (AvgIpc) is 3.16. The van der Waals surface area contributed by atoms with Crippen LogP contribution in [-0.2, 0) is 11.2 Å². The second kappa shape index (κ2) is 8.57. The number of carbonyl (C=O) groups is 2. The van der Waals surface area contributed by atoms with Crippen LogP contribution in [0.2, 0.25) is 0 Å². The second-order valence-electron chi connectivity index (χ2n) is 7.35. The minimum Gasteiger partial charge on any atom is -0.494 e. The summed E-state index contributed by atoms with van der Waals surface area (Å²) >= 11 is 0. The van der Waals surface area contributed by atoms with E-state index in [-0.39, 0.29) is 18.3 Å². The van der Waals surface area contributed by atoms with E-state index in [1.807, 2.05) is 61.5 Å². The molecule has 0 spiro atoms. The minimum atomic E-state index is -0.434. The van der Waals surface area contributed by atoms with Crippen LogP contribution in [0.15, 0.2) is 54.6 Å². The SMILES string of the molecule is CCOC(=O)c1[nH]c2c(c1-c1ccccc1)C(=O)C[C@@H](c1ccc(OCC)cc1)C2. The quantitative estimate of drug-likeness (QED) is 0.577. The Morgan fingerprint density at radius 3 is 2.37 bits per heavy atom. The van der Waals surface area contributed by atoms with Gasteiger partial charge in [0.25, 0.3) is 0 Å². The Labute approximate surface area is 176 Å². The molecular formula is C25H25NO4. The molecule has 0 saturated heterocycles. The predicted molar refractivity (Wildman–Crippen MR) is 115 cm³/mol. The van der Waals surface area contributed by atoms with Gasteiger partial charge in [0, 0.05) is 23.2 Å². The molecule has 1 N–H and O–H groups in total. The Kier molecular flexibility index (Phi) is 5.70. The first-order chi connectivity index (χ1) is 14.6. The number of benzene rings is 2. The molecule has 5 nitrogen and oxygen atoms in total. The lowest BCUT2D eigenvalue weighted by molar-refractivity contribution is 0.0521. The van der Waals surface area contributed by atoms with Crippen LogP contribution >= 0.6 is 0 Å². The summed E-state index contributed by atoms with van der Waals surface area (Å²) in [6, 6.07) is 17.5. The van der Waals surface area contributed by atoms with E-state index < -0.39 is 5.97 Å². The number of H-pyrrole nitrogens is 1. The number of ether oxygens (including phenoxy) is 2. The fourth-order valence-corrected chi connectivity index (χ4v) is 4.15. The van der Waals surface area contributed by atoms with Gasteiger partial charge in [0.2, 0.25) is 0 Å². The number of ketones is 1. The van der Waals surface area contributed by atoms with E-state index in [0.717, 1.165) is 22.6 Å². The molecule has 30 heavy (non-hydrogen) atoms. The molecule has 1 aliphatic rings. The zero-order valence-electron chi connectivity index (χ0n) is 17.2. The molecule has 1 aliphatic carbocycles. The van der Waals surface area contributed by atoms with Crippen LogP contribution in [0.1, 0.15) is 58.3 Å². The molecule has 154 valence electrons. The summed E-state index contributed by atoms with van der Waals surface area (Å²) in [5.74, 6) is 0.481. The summed E-state index contributed by atoms with van der Waals surface area (Å²) in [7, 11) is 0. The van der Waals surface area contributed by atoms with E-state index in [1.54, 1.807) is 6.92 Å². The van der Waals surface area contributed by atoms with Gasteiger partial charge in [-0.25, -0.2) is 4.79 Å². The van der Waals surface area contributed by atoms with E-state index in [1.165, 1.54) is 0 Å². The Morgan fingerprint density at radius 1 is 0.967 bits per heavy atom. The third-order valence-electron chi connectivity index (χ3n) is 5.44. The van der Waals surface area contributed by atoms with Gasteiger partial charge in [-0.3, -0.25) is 4.79 Å². The van der Waals surface area contributed by atoms with Gasteiger partial charge >= 0.3 is 5.97 Å². The summed E-state index contributed by atoms with van der Waals surface area (Å²) in [6.45, 7) is 4.62. The fourth-order valence-electron chi connectivity index (χ4n) is 4.15. The van der Waals surface area contributed by atoms with Gasteiger partial charge in [-0.2, -0.15) is 0 Å². The number of aromatic nitrogens is 1. The van der Waals surface area contributed by atoms with E-state index in [9.17, 15) is 9.59 Å². The number of fused-ring (bicyclic) bond motifs is 1. The van der Waals surface area contributed by atoms with Gasteiger partial charge in [-0.05, 0) is 49.4 Å². The highest BCUT2D eigenvalue weighted by atomic mass is 16.5. The molecule has 3 aromatic rings. The fraction of sp³-hybridized carbons (Fsp3) is 0.280. The number of hydrogen-bond donors (Lipinski definition) is 1. The highest BCUT2D eigenvalue weighted by molar-refractivity contribution is 6.10. The molecule has 0 unspecified atom stereocenters. The molecule has 4 rings (SSSR count). The first-order valence-electron chi connectivity index (χ1n) is 10.4. The Balaban J connectivity index is 1.73. The Morgan fingerprint density at radius 2 is 1.70 bits per heavy atom. The first-order valence-corrected chi connectivity index (χ1v) is 10.4. The van der Waals surface area contributed by atoms with Crippen LogP contribution in [0, 0.1) is 0 Å². The number of hydrogen-bond acceptors (Lipinski definition) is 4. The normalized spacial score (nSPS) is 15.5. The van der Waals surface area contributed by atoms with Crippen LogP contribution in [-0.4, -0.2) is 30.0 Å². The molecule has 0 fully saturated rings. The zero-order valence-corrected chi connectivity index (χ0v) is 17.2. The lowest BCUT2D eigenvalue weighted by atomic mass is 9.80. The number of nitrogens with one attached hydrogen (secondary N) is 1. The minimum absolute atomic E-state index is 0.0424. The maximum Gasteiger partial charge on any atom is 0.355 e. The van der Waals surface area contributed by atoms with Gasteiger partial charge in [-0.15, -0.1) is 0 Å². The largest absolute Gasteiger partial charge is 0.494 e. The van der Waals surface area contributed by atoms with Crippen LogP contribution in [0.5, 0.6) is 5.75 Å². The van der Waals surface area contributed by atoms with E-state index in [4.69, 9.17) is 9.47 Å². The molecular weight excluding hydrogens is 378 g/mol. The third-order valence-corrected chi connectivity index (χ3v) is 5.44. The third kappa shape index (κ3) is 3.75. The van der Waals surface area contributed by atoms with Crippen molar-refractivity contribution in [1.29, 1.82) is 0 Å². The van der Waals surface area contributed by atoms with Crippen molar-refractivity contribution >= 4 is 11.8 Å². The number of Topliss-reactive ketones (excluding diaryl/α,β-unsaturated/α-hetero) is 1. The number of aromatic amines is 1. The lowest BCUT2D eigenvalue weighted by Crippen LogP contribution is -2.18. The van der Waals surface area contributed by atoms with Gasteiger partial charge < -0.3 is 14.5 Å².